The lowest BCUT2D eigenvalue weighted by atomic mass is 9.99. The van der Waals surface area contributed by atoms with Crippen LogP contribution in [0.5, 0.6) is 0 Å². The molecule has 2 N–H and O–H groups in total. The number of benzene rings is 3. The van der Waals surface area contributed by atoms with Crippen molar-refractivity contribution < 1.29 is 35.9 Å². The summed E-state index contributed by atoms with van der Waals surface area (Å²) in [4.78, 5) is 27.0. The van der Waals surface area contributed by atoms with E-state index in [0.717, 1.165) is 0 Å². The summed E-state index contributed by atoms with van der Waals surface area (Å²) < 4.78 is 78.7. The maximum atomic E-state index is 13.2. The van der Waals surface area contributed by atoms with Gasteiger partial charge in [0.25, 0.3) is 0 Å². The van der Waals surface area contributed by atoms with E-state index in [1.54, 1.807) is 68.4 Å². The topological polar surface area (TPSA) is 73.3 Å². The highest BCUT2D eigenvalue weighted by molar-refractivity contribution is 6.16. The van der Waals surface area contributed by atoms with Crippen molar-refractivity contribution in [1.29, 1.82) is 5.41 Å². The fourth-order valence-electron chi connectivity index (χ4n) is 3.98. The number of carbonyl (C=O) groups is 2. The Kier molecular flexibility index (Phi) is 8.83. The fourth-order valence-corrected chi connectivity index (χ4v) is 3.98. The molecule has 0 aliphatic carbocycles. The van der Waals surface area contributed by atoms with E-state index in [0.29, 0.717) is 28.9 Å². The van der Waals surface area contributed by atoms with E-state index >= 15 is 0 Å². The van der Waals surface area contributed by atoms with E-state index in [-0.39, 0.29) is 11.8 Å². The molecule has 3 aromatic carbocycles. The summed E-state index contributed by atoms with van der Waals surface area (Å²) >= 11 is 0. The first-order valence-corrected chi connectivity index (χ1v) is 11.8. The molecule has 39 heavy (non-hydrogen) atoms. The summed E-state index contributed by atoms with van der Waals surface area (Å²) in [7, 11) is 0. The molecule has 0 saturated heterocycles. The number of amides is 2. The zero-order chi connectivity index (χ0) is 29.0. The first-order chi connectivity index (χ1) is 18.2. The Hall–Kier alpha value is -4.15. The third kappa shape index (κ3) is 7.46. The highest BCUT2D eigenvalue weighted by atomic mass is 19.4. The van der Waals surface area contributed by atoms with Crippen LogP contribution in [-0.2, 0) is 28.4 Å². The molecule has 0 aromatic heterocycles. The lowest BCUT2D eigenvalue weighted by molar-refractivity contribution is -0.143. The van der Waals surface area contributed by atoms with Crippen molar-refractivity contribution >= 4 is 23.2 Å². The Morgan fingerprint density at radius 1 is 0.846 bits per heavy atom. The Morgan fingerprint density at radius 2 is 1.38 bits per heavy atom. The molecule has 0 radical (unpaired) electrons. The van der Waals surface area contributed by atoms with Gasteiger partial charge in [-0.25, -0.2) is 0 Å². The number of rotatable bonds is 8. The van der Waals surface area contributed by atoms with Crippen LogP contribution in [0, 0.1) is 5.41 Å². The van der Waals surface area contributed by atoms with Gasteiger partial charge in [-0.3, -0.25) is 15.0 Å². The average Bonchev–Trinajstić information content (AvgIpc) is 2.86. The number of anilines is 1. The molecule has 0 saturated carbocycles. The zero-order valence-corrected chi connectivity index (χ0v) is 21.0. The third-order valence-electron chi connectivity index (χ3n) is 5.73. The van der Waals surface area contributed by atoms with Crippen LogP contribution < -0.4 is 10.2 Å². The molecule has 0 aliphatic rings. The van der Waals surface area contributed by atoms with Crippen molar-refractivity contribution in [2.24, 2.45) is 0 Å². The second-order valence-corrected chi connectivity index (χ2v) is 8.98. The molecule has 3 rings (SSSR count). The number of carbonyl (C=O) groups excluding carboxylic acids is 2. The van der Waals surface area contributed by atoms with Gasteiger partial charge >= 0.3 is 12.4 Å². The molecule has 5 nitrogen and oxygen atoms in total. The second kappa shape index (κ2) is 11.7. The second-order valence-electron chi connectivity index (χ2n) is 8.98. The van der Waals surface area contributed by atoms with Gasteiger partial charge in [-0.2, -0.15) is 26.3 Å². The van der Waals surface area contributed by atoms with Gasteiger partial charge in [0.1, 0.15) is 0 Å². The fraction of sp³-hybridized carbons (Fsp3) is 0.250. The minimum atomic E-state index is -5.04. The molecule has 11 heteroatoms. The van der Waals surface area contributed by atoms with E-state index in [4.69, 9.17) is 5.41 Å². The normalized spacial score (nSPS) is 11.8. The summed E-state index contributed by atoms with van der Waals surface area (Å²) in [5, 5.41) is 10.9. The molecule has 206 valence electrons. The highest BCUT2D eigenvalue weighted by Crippen LogP contribution is 2.36. The molecule has 2 amide bonds. The third-order valence-corrected chi connectivity index (χ3v) is 5.73. The van der Waals surface area contributed by atoms with Gasteiger partial charge in [0.15, 0.2) is 0 Å². The summed E-state index contributed by atoms with van der Waals surface area (Å²) in [6.45, 7) is 2.89. The zero-order valence-electron chi connectivity index (χ0n) is 21.0. The number of nitrogens with one attached hydrogen (secondary N) is 2. The SMILES string of the molecule is CC(C)N(C(=O)CNC(=O)Cc1cc(C(F)(F)F)cc(C(F)(F)F)c1)c1ccccc1C(=N)c1ccccc1. The molecule has 3 aromatic rings. The van der Waals surface area contributed by atoms with Crippen LogP contribution in [0.4, 0.5) is 32.0 Å². The van der Waals surface area contributed by atoms with Crippen LogP contribution >= 0.6 is 0 Å². The summed E-state index contributed by atoms with van der Waals surface area (Å²) in [6.07, 6.45) is -10.9. The van der Waals surface area contributed by atoms with Crippen molar-refractivity contribution in [2.45, 2.75) is 38.7 Å². The monoisotopic (exact) mass is 549 g/mol. The van der Waals surface area contributed by atoms with Crippen molar-refractivity contribution in [1.82, 2.24) is 5.32 Å². The molecular formula is C28H25F6N3O2. The summed E-state index contributed by atoms with van der Waals surface area (Å²) in [6, 6.07) is 16.1. The molecule has 0 unspecified atom stereocenters. The lowest BCUT2D eigenvalue weighted by Gasteiger charge is -2.29. The first kappa shape index (κ1) is 29.4. The van der Waals surface area contributed by atoms with Gasteiger partial charge in [-0.05, 0) is 43.7 Å². The van der Waals surface area contributed by atoms with Crippen LogP contribution in [0.15, 0.2) is 72.8 Å². The molecular weight excluding hydrogens is 524 g/mol. The summed E-state index contributed by atoms with van der Waals surface area (Å²) in [5.74, 6) is -1.50. The van der Waals surface area contributed by atoms with Crippen molar-refractivity contribution in [2.75, 3.05) is 11.4 Å². The van der Waals surface area contributed by atoms with Crippen LogP contribution in [0.3, 0.4) is 0 Å². The molecule has 0 atom stereocenters. The van der Waals surface area contributed by atoms with Gasteiger partial charge in [0.2, 0.25) is 11.8 Å². The standard InChI is InChI=1S/C28H25F6N3O2/c1-17(2)37(23-11-7-6-10-22(23)26(35)19-8-4-3-5-9-19)25(39)16-36-24(38)14-18-12-20(27(29,30)31)15-21(13-18)28(32,33)34/h3-13,15,17,35H,14,16H2,1-2H3,(H,36,38). The minimum absolute atomic E-state index is 0.0179. The molecule has 0 aliphatic heterocycles. The number of hydrogen-bond acceptors (Lipinski definition) is 3. The smallest absolute Gasteiger partial charge is 0.347 e. The van der Waals surface area contributed by atoms with Gasteiger partial charge < -0.3 is 10.2 Å². The Bertz CT molecular complexity index is 1320. The molecule has 0 spiro atoms. The number of halogens is 6. The van der Waals surface area contributed by atoms with Crippen molar-refractivity contribution in [3.63, 3.8) is 0 Å². The minimum Gasteiger partial charge on any atom is -0.347 e. The lowest BCUT2D eigenvalue weighted by Crippen LogP contribution is -2.44. The summed E-state index contributed by atoms with van der Waals surface area (Å²) in [5.41, 5.74) is -1.90. The number of alkyl halides is 6. The van der Waals surface area contributed by atoms with E-state index in [2.05, 4.69) is 5.32 Å². The molecule has 0 heterocycles. The first-order valence-electron chi connectivity index (χ1n) is 11.8. The maximum absolute atomic E-state index is 13.2. The van der Waals surface area contributed by atoms with E-state index in [1.807, 2.05) is 0 Å². The molecule has 0 bridgehead atoms. The van der Waals surface area contributed by atoms with Crippen LogP contribution in [-0.4, -0.2) is 30.1 Å². The predicted molar refractivity (Wildman–Crippen MR) is 135 cm³/mol. The van der Waals surface area contributed by atoms with Crippen LogP contribution in [0.2, 0.25) is 0 Å². The van der Waals surface area contributed by atoms with Gasteiger partial charge in [-0.15, -0.1) is 0 Å². The average molecular weight is 550 g/mol. The largest absolute Gasteiger partial charge is 0.416 e. The van der Waals surface area contributed by atoms with Crippen LogP contribution in [0.25, 0.3) is 0 Å². The Morgan fingerprint density at radius 3 is 1.92 bits per heavy atom. The van der Waals surface area contributed by atoms with E-state index in [1.165, 1.54) is 4.90 Å². The predicted octanol–water partition coefficient (Wildman–Crippen LogP) is 6.24. The van der Waals surface area contributed by atoms with Gasteiger partial charge in [0.05, 0.1) is 35.5 Å². The molecule has 0 fully saturated rings. The Labute approximate surface area is 221 Å². The number of hydrogen-bond donors (Lipinski definition) is 2. The van der Waals surface area contributed by atoms with E-state index in [9.17, 15) is 35.9 Å². The van der Waals surface area contributed by atoms with Crippen molar-refractivity contribution in [3.8, 4) is 0 Å². The quantitative estimate of drug-likeness (QED) is 0.258. The van der Waals surface area contributed by atoms with Crippen molar-refractivity contribution in [3.05, 3.63) is 101 Å². The van der Waals surface area contributed by atoms with E-state index < -0.39 is 59.9 Å². The van der Waals surface area contributed by atoms with Gasteiger partial charge in [0, 0.05) is 17.2 Å². The maximum Gasteiger partial charge on any atom is 0.416 e. The Balaban J connectivity index is 1.79. The van der Waals surface area contributed by atoms with Crippen LogP contribution in [0.1, 0.15) is 41.7 Å². The number of para-hydroxylation sites is 1. The van der Waals surface area contributed by atoms with Gasteiger partial charge in [-0.1, -0.05) is 48.5 Å². The highest BCUT2D eigenvalue weighted by Gasteiger charge is 2.37. The number of nitrogens with zero attached hydrogens (tertiary/aromatic N) is 1.